The second-order valence-electron chi connectivity index (χ2n) is 8.52. The Balaban J connectivity index is 1.76. The minimum absolute atomic E-state index is 0.215. The van der Waals surface area contributed by atoms with E-state index < -0.39 is 13.6 Å². The molecule has 28 heavy (non-hydrogen) atoms. The van der Waals surface area contributed by atoms with Crippen LogP contribution in [0.15, 0.2) is 48.5 Å². The van der Waals surface area contributed by atoms with Crippen LogP contribution in [0.4, 0.5) is 0 Å². The zero-order valence-electron chi connectivity index (χ0n) is 17.4. The average Bonchev–Trinajstić information content (AvgIpc) is 2.70. The maximum Gasteiger partial charge on any atom is 0.119 e. The Morgan fingerprint density at radius 2 is 1.57 bits per heavy atom. The molecule has 0 spiro atoms. The molecule has 0 aliphatic heterocycles. The number of aryl methyl sites for hydroxylation is 2. The predicted octanol–water partition coefficient (Wildman–Crippen LogP) is 2.99. The fourth-order valence-corrected chi connectivity index (χ4v) is 5.59. The van der Waals surface area contributed by atoms with Gasteiger partial charge in [-0.25, -0.2) is 0 Å². The molecule has 5 heteroatoms. The van der Waals surface area contributed by atoms with Gasteiger partial charge in [0.15, 0.2) is 0 Å². The first-order valence-corrected chi connectivity index (χ1v) is 13.3. The molecule has 0 amide bonds. The SMILES string of the molecule is Cc1ccc([Si](C)(C)CCCOc2ccc(CCC(N)(CO)CO)cc2)cc1. The van der Waals surface area contributed by atoms with Crippen molar-refractivity contribution in [2.45, 2.75) is 50.9 Å². The molecule has 154 valence electrons. The highest BCUT2D eigenvalue weighted by molar-refractivity contribution is 6.89. The van der Waals surface area contributed by atoms with Gasteiger partial charge >= 0.3 is 0 Å². The summed E-state index contributed by atoms with van der Waals surface area (Å²) in [6.07, 6.45) is 2.31. The van der Waals surface area contributed by atoms with Gasteiger partial charge in [0.1, 0.15) is 5.75 Å². The van der Waals surface area contributed by atoms with Gasteiger partial charge < -0.3 is 20.7 Å². The highest BCUT2D eigenvalue weighted by Crippen LogP contribution is 2.18. The fraction of sp³-hybridized carbons (Fsp3) is 0.478. The van der Waals surface area contributed by atoms with E-state index in [-0.39, 0.29) is 13.2 Å². The van der Waals surface area contributed by atoms with E-state index in [0.717, 1.165) is 24.3 Å². The Hall–Kier alpha value is -1.66. The van der Waals surface area contributed by atoms with Crippen molar-refractivity contribution in [1.29, 1.82) is 0 Å². The van der Waals surface area contributed by atoms with Crippen LogP contribution in [0.5, 0.6) is 5.75 Å². The Morgan fingerprint density at radius 3 is 2.14 bits per heavy atom. The van der Waals surface area contributed by atoms with Crippen molar-refractivity contribution in [1.82, 2.24) is 0 Å². The maximum absolute atomic E-state index is 9.27. The summed E-state index contributed by atoms with van der Waals surface area (Å²) in [5.41, 5.74) is 7.44. The van der Waals surface area contributed by atoms with E-state index in [1.54, 1.807) is 0 Å². The molecule has 0 aliphatic carbocycles. The van der Waals surface area contributed by atoms with E-state index in [1.165, 1.54) is 16.8 Å². The predicted molar refractivity (Wildman–Crippen MR) is 119 cm³/mol. The van der Waals surface area contributed by atoms with Gasteiger partial charge in [-0.05, 0) is 43.9 Å². The molecule has 4 nitrogen and oxygen atoms in total. The van der Waals surface area contributed by atoms with E-state index in [2.05, 4.69) is 44.3 Å². The molecule has 0 fully saturated rings. The molecule has 0 aromatic heterocycles. The minimum atomic E-state index is -1.42. The quantitative estimate of drug-likeness (QED) is 0.400. The standard InChI is InChI=1S/C23H35NO3Si/c1-19-5-11-22(12-6-19)28(2,3)16-4-15-27-21-9-7-20(8-10-21)13-14-23(24,17-25)18-26/h5-12,25-26H,4,13-18,24H2,1-3H3. The Morgan fingerprint density at radius 1 is 0.964 bits per heavy atom. The number of nitrogens with two attached hydrogens (primary N) is 1. The zero-order chi connectivity index (χ0) is 20.6. The van der Waals surface area contributed by atoms with Gasteiger partial charge in [0.05, 0.1) is 33.4 Å². The molecular formula is C23H35NO3Si. The van der Waals surface area contributed by atoms with Crippen LogP contribution < -0.4 is 15.7 Å². The second-order valence-corrected chi connectivity index (χ2v) is 13.4. The monoisotopic (exact) mass is 401 g/mol. The lowest BCUT2D eigenvalue weighted by Crippen LogP contribution is -2.47. The van der Waals surface area contributed by atoms with Crippen molar-refractivity contribution < 1.29 is 14.9 Å². The lowest BCUT2D eigenvalue weighted by atomic mass is 9.94. The van der Waals surface area contributed by atoms with Crippen molar-refractivity contribution in [3.8, 4) is 5.75 Å². The van der Waals surface area contributed by atoms with Crippen molar-refractivity contribution in [2.75, 3.05) is 19.8 Å². The number of rotatable bonds is 11. The number of aliphatic hydroxyl groups is 2. The third-order valence-electron chi connectivity index (χ3n) is 5.51. The molecule has 0 heterocycles. The molecular weight excluding hydrogens is 366 g/mol. The second kappa shape index (κ2) is 10.2. The van der Waals surface area contributed by atoms with Crippen LogP contribution in [-0.2, 0) is 6.42 Å². The molecule has 2 aromatic rings. The highest BCUT2D eigenvalue weighted by Gasteiger charge is 2.23. The lowest BCUT2D eigenvalue weighted by Gasteiger charge is -2.24. The molecule has 0 atom stereocenters. The van der Waals surface area contributed by atoms with Crippen LogP contribution in [0.2, 0.25) is 19.1 Å². The van der Waals surface area contributed by atoms with E-state index in [4.69, 9.17) is 10.5 Å². The Labute approximate surface area is 170 Å². The van der Waals surface area contributed by atoms with Gasteiger partial charge in [-0.15, -0.1) is 0 Å². The van der Waals surface area contributed by atoms with Crippen LogP contribution in [0.1, 0.15) is 24.0 Å². The molecule has 0 radical (unpaired) electrons. The summed E-state index contributed by atoms with van der Waals surface area (Å²) < 4.78 is 5.92. The molecule has 4 N–H and O–H groups in total. The summed E-state index contributed by atoms with van der Waals surface area (Å²) in [4.78, 5) is 0. The number of hydrogen-bond donors (Lipinski definition) is 3. The molecule has 0 unspecified atom stereocenters. The van der Waals surface area contributed by atoms with Crippen molar-refractivity contribution in [3.05, 3.63) is 59.7 Å². The molecule has 0 saturated heterocycles. The van der Waals surface area contributed by atoms with E-state index >= 15 is 0 Å². The van der Waals surface area contributed by atoms with E-state index in [0.29, 0.717) is 12.8 Å². The third-order valence-corrected chi connectivity index (χ3v) is 9.01. The van der Waals surface area contributed by atoms with Gasteiger partial charge in [0.25, 0.3) is 0 Å². The highest BCUT2D eigenvalue weighted by atomic mass is 28.3. The van der Waals surface area contributed by atoms with Gasteiger partial charge in [-0.1, -0.05) is 66.3 Å². The van der Waals surface area contributed by atoms with Crippen LogP contribution >= 0.6 is 0 Å². The molecule has 0 aliphatic rings. The normalized spacial score (nSPS) is 12.2. The topological polar surface area (TPSA) is 75.7 Å². The lowest BCUT2D eigenvalue weighted by molar-refractivity contribution is 0.115. The first-order valence-electron chi connectivity index (χ1n) is 10.1. The van der Waals surface area contributed by atoms with Gasteiger partial charge in [0.2, 0.25) is 0 Å². The van der Waals surface area contributed by atoms with Gasteiger partial charge in [-0.2, -0.15) is 0 Å². The number of benzene rings is 2. The number of aliphatic hydroxyl groups excluding tert-OH is 2. The largest absolute Gasteiger partial charge is 0.494 e. The molecule has 2 aromatic carbocycles. The Kier molecular flexibility index (Phi) is 8.25. The molecule has 2 rings (SSSR count). The summed E-state index contributed by atoms with van der Waals surface area (Å²) in [5.74, 6) is 0.877. The van der Waals surface area contributed by atoms with Crippen LogP contribution in [0.25, 0.3) is 0 Å². The van der Waals surface area contributed by atoms with E-state index in [9.17, 15) is 10.2 Å². The Bertz CT molecular complexity index is 710. The summed E-state index contributed by atoms with van der Waals surface area (Å²) in [6, 6.07) is 18.2. The van der Waals surface area contributed by atoms with Crippen LogP contribution in [0, 0.1) is 6.92 Å². The third kappa shape index (κ3) is 6.74. The zero-order valence-corrected chi connectivity index (χ0v) is 18.4. The molecule has 0 bridgehead atoms. The molecule has 0 saturated carbocycles. The van der Waals surface area contributed by atoms with Crippen molar-refractivity contribution >= 4 is 13.3 Å². The van der Waals surface area contributed by atoms with E-state index in [1.807, 2.05) is 24.3 Å². The summed E-state index contributed by atoms with van der Waals surface area (Å²) in [5, 5.41) is 20.0. The fourth-order valence-electron chi connectivity index (χ4n) is 3.21. The number of hydrogen-bond acceptors (Lipinski definition) is 4. The number of ether oxygens (including phenoxy) is 1. The van der Waals surface area contributed by atoms with Gasteiger partial charge in [0, 0.05) is 0 Å². The summed E-state index contributed by atoms with van der Waals surface area (Å²) in [7, 11) is -1.42. The average molecular weight is 402 g/mol. The summed E-state index contributed by atoms with van der Waals surface area (Å²) >= 11 is 0. The first kappa shape index (κ1) is 22.6. The van der Waals surface area contributed by atoms with Crippen LogP contribution in [-0.4, -0.2) is 43.6 Å². The smallest absolute Gasteiger partial charge is 0.119 e. The van der Waals surface area contributed by atoms with Crippen molar-refractivity contribution in [3.63, 3.8) is 0 Å². The van der Waals surface area contributed by atoms with Gasteiger partial charge in [-0.3, -0.25) is 0 Å². The van der Waals surface area contributed by atoms with Crippen molar-refractivity contribution in [2.24, 2.45) is 5.73 Å². The van der Waals surface area contributed by atoms with Crippen LogP contribution in [0.3, 0.4) is 0 Å². The summed E-state index contributed by atoms with van der Waals surface area (Å²) in [6.45, 7) is 7.26. The first-order chi connectivity index (χ1) is 13.3. The minimum Gasteiger partial charge on any atom is -0.494 e. The maximum atomic E-state index is 9.27.